The van der Waals surface area contributed by atoms with Gasteiger partial charge in [0.1, 0.15) is 0 Å². The molecule has 0 bridgehead atoms. The summed E-state index contributed by atoms with van der Waals surface area (Å²) in [6.45, 7) is 4.76. The second kappa shape index (κ2) is 3.49. The van der Waals surface area contributed by atoms with Crippen molar-refractivity contribution in [3.8, 4) is 0 Å². The molecule has 1 aromatic heterocycles. The number of nitrogens with zero attached hydrogens (tertiary/aromatic N) is 1. The SMILES string of the molecule is Cc1cc(C)nc(CCN)c1. The number of nitrogens with two attached hydrogens (primary N) is 1. The Balaban J connectivity index is 2.89. The van der Waals surface area contributed by atoms with E-state index in [1.807, 2.05) is 6.92 Å². The van der Waals surface area contributed by atoms with Gasteiger partial charge in [-0.3, -0.25) is 4.98 Å². The second-order valence-electron chi connectivity index (χ2n) is 2.82. The maximum atomic E-state index is 5.42. The Morgan fingerprint density at radius 3 is 2.64 bits per heavy atom. The number of hydrogen-bond acceptors (Lipinski definition) is 2. The molecule has 2 heteroatoms. The molecule has 1 heterocycles. The highest BCUT2D eigenvalue weighted by molar-refractivity contribution is 5.19. The monoisotopic (exact) mass is 150 g/mol. The van der Waals surface area contributed by atoms with E-state index in [1.165, 1.54) is 5.56 Å². The third-order valence-corrected chi connectivity index (χ3v) is 1.55. The molecule has 0 aliphatic carbocycles. The van der Waals surface area contributed by atoms with E-state index in [-0.39, 0.29) is 0 Å². The van der Waals surface area contributed by atoms with Crippen LogP contribution in [-0.4, -0.2) is 11.5 Å². The van der Waals surface area contributed by atoms with Gasteiger partial charge in [0.05, 0.1) is 0 Å². The molecule has 0 radical (unpaired) electrons. The van der Waals surface area contributed by atoms with Crippen molar-refractivity contribution < 1.29 is 0 Å². The summed E-state index contributed by atoms with van der Waals surface area (Å²) in [6.07, 6.45) is 0.878. The molecule has 0 aromatic carbocycles. The molecule has 0 atom stereocenters. The van der Waals surface area contributed by atoms with Crippen molar-refractivity contribution in [1.82, 2.24) is 4.98 Å². The zero-order chi connectivity index (χ0) is 8.27. The summed E-state index contributed by atoms with van der Waals surface area (Å²) >= 11 is 0. The Labute approximate surface area is 67.5 Å². The fourth-order valence-corrected chi connectivity index (χ4v) is 1.20. The molecule has 0 saturated heterocycles. The van der Waals surface area contributed by atoms with Gasteiger partial charge in [0.15, 0.2) is 0 Å². The Kier molecular flexibility index (Phi) is 2.60. The van der Waals surface area contributed by atoms with Crippen molar-refractivity contribution in [1.29, 1.82) is 0 Å². The summed E-state index contributed by atoms with van der Waals surface area (Å²) in [5.74, 6) is 0. The normalized spacial score (nSPS) is 10.1. The highest BCUT2D eigenvalue weighted by Crippen LogP contribution is 2.03. The molecule has 11 heavy (non-hydrogen) atoms. The number of aromatic nitrogens is 1. The highest BCUT2D eigenvalue weighted by Gasteiger charge is 1.94. The van der Waals surface area contributed by atoms with Crippen LogP contribution in [0.15, 0.2) is 12.1 Å². The first-order chi connectivity index (χ1) is 5.22. The lowest BCUT2D eigenvalue weighted by atomic mass is 10.2. The van der Waals surface area contributed by atoms with E-state index < -0.39 is 0 Å². The largest absolute Gasteiger partial charge is 0.330 e. The molecular weight excluding hydrogens is 136 g/mol. The maximum absolute atomic E-state index is 5.42. The molecule has 1 aromatic rings. The Hall–Kier alpha value is -0.890. The summed E-state index contributed by atoms with van der Waals surface area (Å²) in [7, 11) is 0. The number of pyridine rings is 1. The molecule has 0 aliphatic heterocycles. The quantitative estimate of drug-likeness (QED) is 0.688. The first-order valence-corrected chi connectivity index (χ1v) is 3.86. The van der Waals surface area contributed by atoms with E-state index in [9.17, 15) is 0 Å². The molecule has 0 fully saturated rings. The average Bonchev–Trinajstić information content (AvgIpc) is 1.85. The smallest absolute Gasteiger partial charge is 0.0422 e. The van der Waals surface area contributed by atoms with Crippen LogP contribution >= 0.6 is 0 Å². The maximum Gasteiger partial charge on any atom is 0.0422 e. The van der Waals surface area contributed by atoms with Gasteiger partial charge in [-0.25, -0.2) is 0 Å². The Bertz CT molecular complexity index is 223. The summed E-state index contributed by atoms with van der Waals surface area (Å²) in [5, 5.41) is 0. The van der Waals surface area contributed by atoms with Crippen molar-refractivity contribution in [3.63, 3.8) is 0 Å². The average molecular weight is 150 g/mol. The number of aryl methyl sites for hydroxylation is 2. The highest BCUT2D eigenvalue weighted by atomic mass is 14.7. The first-order valence-electron chi connectivity index (χ1n) is 3.86. The van der Waals surface area contributed by atoms with Crippen LogP contribution in [0.1, 0.15) is 17.0 Å². The predicted molar refractivity (Wildman–Crippen MR) is 46.5 cm³/mol. The number of hydrogen-bond donors (Lipinski definition) is 1. The molecule has 60 valence electrons. The number of rotatable bonds is 2. The Morgan fingerprint density at radius 1 is 1.36 bits per heavy atom. The van der Waals surface area contributed by atoms with Crippen LogP contribution in [0.5, 0.6) is 0 Å². The van der Waals surface area contributed by atoms with Gasteiger partial charge < -0.3 is 5.73 Å². The van der Waals surface area contributed by atoms with Crippen LogP contribution in [0.3, 0.4) is 0 Å². The van der Waals surface area contributed by atoms with E-state index >= 15 is 0 Å². The van der Waals surface area contributed by atoms with Gasteiger partial charge in [-0.1, -0.05) is 0 Å². The van der Waals surface area contributed by atoms with Gasteiger partial charge in [-0.05, 0) is 38.1 Å². The van der Waals surface area contributed by atoms with E-state index in [0.717, 1.165) is 17.8 Å². The second-order valence-corrected chi connectivity index (χ2v) is 2.82. The predicted octanol–water partition coefficient (Wildman–Crippen LogP) is 1.20. The minimum atomic E-state index is 0.676. The minimum Gasteiger partial charge on any atom is -0.330 e. The molecule has 2 N–H and O–H groups in total. The third kappa shape index (κ3) is 2.31. The van der Waals surface area contributed by atoms with Crippen molar-refractivity contribution in [2.24, 2.45) is 5.73 Å². The summed E-state index contributed by atoms with van der Waals surface area (Å²) in [6, 6.07) is 4.15. The summed E-state index contributed by atoms with van der Waals surface area (Å²) < 4.78 is 0. The van der Waals surface area contributed by atoms with Gasteiger partial charge >= 0.3 is 0 Å². The van der Waals surface area contributed by atoms with Gasteiger partial charge in [0.25, 0.3) is 0 Å². The zero-order valence-electron chi connectivity index (χ0n) is 7.09. The molecule has 0 unspecified atom stereocenters. The topological polar surface area (TPSA) is 38.9 Å². The van der Waals surface area contributed by atoms with Crippen molar-refractivity contribution in [3.05, 3.63) is 29.1 Å². The lowest BCUT2D eigenvalue weighted by molar-refractivity contribution is 0.908. The van der Waals surface area contributed by atoms with Crippen LogP contribution in [0.25, 0.3) is 0 Å². The van der Waals surface area contributed by atoms with Crippen LogP contribution in [0, 0.1) is 13.8 Å². The van der Waals surface area contributed by atoms with Gasteiger partial charge in [0, 0.05) is 17.8 Å². The van der Waals surface area contributed by atoms with E-state index in [4.69, 9.17) is 5.73 Å². The first kappa shape index (κ1) is 8.21. The molecule has 0 saturated carbocycles. The van der Waals surface area contributed by atoms with Crippen LogP contribution in [-0.2, 0) is 6.42 Å². The van der Waals surface area contributed by atoms with E-state index in [1.54, 1.807) is 0 Å². The summed E-state index contributed by atoms with van der Waals surface area (Å²) in [4.78, 5) is 4.34. The van der Waals surface area contributed by atoms with Gasteiger partial charge in [-0.2, -0.15) is 0 Å². The van der Waals surface area contributed by atoms with Crippen LogP contribution in [0.2, 0.25) is 0 Å². The Morgan fingerprint density at radius 2 is 2.09 bits per heavy atom. The van der Waals surface area contributed by atoms with Gasteiger partial charge in [-0.15, -0.1) is 0 Å². The molecule has 1 rings (SSSR count). The van der Waals surface area contributed by atoms with Gasteiger partial charge in [0.2, 0.25) is 0 Å². The zero-order valence-corrected chi connectivity index (χ0v) is 7.09. The third-order valence-electron chi connectivity index (χ3n) is 1.55. The molecule has 0 aliphatic rings. The molecule has 0 spiro atoms. The lowest BCUT2D eigenvalue weighted by Gasteiger charge is -2.01. The van der Waals surface area contributed by atoms with E-state index in [0.29, 0.717) is 6.54 Å². The van der Waals surface area contributed by atoms with Crippen LogP contribution < -0.4 is 5.73 Å². The van der Waals surface area contributed by atoms with Crippen molar-refractivity contribution in [2.75, 3.05) is 6.54 Å². The van der Waals surface area contributed by atoms with Crippen LogP contribution in [0.4, 0.5) is 0 Å². The molecular formula is C9H14N2. The molecule has 2 nitrogen and oxygen atoms in total. The fraction of sp³-hybridized carbons (Fsp3) is 0.444. The van der Waals surface area contributed by atoms with E-state index in [2.05, 4.69) is 24.0 Å². The standard InChI is InChI=1S/C9H14N2/c1-7-5-8(2)11-9(6-7)3-4-10/h5-6H,3-4,10H2,1-2H3. The van der Waals surface area contributed by atoms with Crippen molar-refractivity contribution >= 4 is 0 Å². The summed E-state index contributed by atoms with van der Waals surface area (Å²) in [5.41, 5.74) is 8.86. The minimum absolute atomic E-state index is 0.676. The lowest BCUT2D eigenvalue weighted by Crippen LogP contribution is -2.05. The van der Waals surface area contributed by atoms with Crippen molar-refractivity contribution in [2.45, 2.75) is 20.3 Å². The molecule has 0 amide bonds. The fourth-order valence-electron chi connectivity index (χ4n) is 1.20.